The van der Waals surface area contributed by atoms with E-state index in [1.54, 1.807) is 16.8 Å². The second kappa shape index (κ2) is 7.58. The van der Waals surface area contributed by atoms with Crippen molar-refractivity contribution in [1.29, 1.82) is 0 Å². The maximum atomic E-state index is 13.5. The van der Waals surface area contributed by atoms with Crippen LogP contribution in [0.3, 0.4) is 0 Å². The lowest BCUT2D eigenvalue weighted by atomic mass is 9.91. The normalized spacial score (nSPS) is 20.1. The smallest absolute Gasteiger partial charge is 0.181 e. The van der Waals surface area contributed by atoms with Crippen molar-refractivity contribution >= 4 is 11.3 Å². The van der Waals surface area contributed by atoms with E-state index in [9.17, 15) is 14.3 Å². The van der Waals surface area contributed by atoms with Gasteiger partial charge in [-0.25, -0.2) is 8.91 Å². The van der Waals surface area contributed by atoms with Crippen LogP contribution in [0.1, 0.15) is 34.5 Å². The number of aromatic nitrogens is 2. The van der Waals surface area contributed by atoms with Gasteiger partial charge in [0.1, 0.15) is 11.5 Å². The van der Waals surface area contributed by atoms with Gasteiger partial charge in [0, 0.05) is 19.2 Å². The van der Waals surface area contributed by atoms with E-state index >= 15 is 0 Å². The third-order valence-electron chi connectivity index (χ3n) is 5.10. The Kier molecular flexibility index (Phi) is 5.01. The lowest BCUT2D eigenvalue weighted by Gasteiger charge is -2.26. The minimum absolute atomic E-state index is 0.0554. The molecule has 0 radical (unpaired) electrons. The summed E-state index contributed by atoms with van der Waals surface area (Å²) in [5.74, 6) is -0.439. The first-order chi connectivity index (χ1) is 13.1. The Morgan fingerprint density at radius 3 is 3.00 bits per heavy atom. The molecule has 3 heterocycles. The number of fused-ring (bicyclic) bond motifs is 1. The highest BCUT2D eigenvalue weighted by Crippen LogP contribution is 2.25. The Labute approximate surface area is 156 Å². The van der Waals surface area contributed by atoms with E-state index in [-0.39, 0.29) is 30.5 Å². The topological polar surface area (TPSA) is 63.8 Å². The van der Waals surface area contributed by atoms with Crippen molar-refractivity contribution in [3.8, 4) is 0 Å². The van der Waals surface area contributed by atoms with Crippen molar-refractivity contribution in [2.75, 3.05) is 13.2 Å². The van der Waals surface area contributed by atoms with Crippen LogP contribution in [0.5, 0.6) is 0 Å². The number of ether oxygens (including phenoxy) is 1. The molecule has 1 N–H and O–H groups in total. The fourth-order valence-corrected chi connectivity index (χ4v) is 3.66. The van der Waals surface area contributed by atoms with Crippen LogP contribution in [0, 0.1) is 11.7 Å². The van der Waals surface area contributed by atoms with E-state index < -0.39 is 6.10 Å². The van der Waals surface area contributed by atoms with E-state index in [1.807, 2.05) is 24.3 Å². The van der Waals surface area contributed by atoms with Crippen LogP contribution in [0.4, 0.5) is 4.39 Å². The molecule has 1 fully saturated rings. The molecule has 2 atom stereocenters. The number of carbonyl (C=O) groups is 1. The third kappa shape index (κ3) is 3.77. The molecule has 3 aromatic rings. The number of nitrogens with zero attached hydrogens (tertiary/aromatic N) is 2. The summed E-state index contributed by atoms with van der Waals surface area (Å²) in [5.41, 5.74) is 3.09. The lowest BCUT2D eigenvalue weighted by Crippen LogP contribution is -2.33. The molecule has 4 rings (SSSR count). The first-order valence-electron chi connectivity index (χ1n) is 9.11. The van der Waals surface area contributed by atoms with Gasteiger partial charge in [0.05, 0.1) is 18.2 Å². The number of carbonyl (C=O) groups excluding carboxylic acids is 1. The highest BCUT2D eigenvalue weighted by atomic mass is 19.1. The highest BCUT2D eigenvalue weighted by molar-refractivity contribution is 5.96. The average molecular weight is 368 g/mol. The van der Waals surface area contributed by atoms with Crippen molar-refractivity contribution in [2.45, 2.75) is 25.4 Å². The average Bonchev–Trinajstić information content (AvgIpc) is 3.02. The molecule has 6 heteroatoms. The molecule has 27 heavy (non-hydrogen) atoms. The molecule has 0 spiro atoms. The third-order valence-corrected chi connectivity index (χ3v) is 5.10. The van der Waals surface area contributed by atoms with Crippen LogP contribution in [0.15, 0.2) is 48.7 Å². The van der Waals surface area contributed by atoms with Crippen molar-refractivity contribution in [3.05, 3.63) is 71.3 Å². The van der Waals surface area contributed by atoms with Gasteiger partial charge < -0.3 is 9.84 Å². The number of halogens is 1. The first kappa shape index (κ1) is 17.8. The maximum absolute atomic E-state index is 13.5. The molecule has 0 saturated carbocycles. The van der Waals surface area contributed by atoms with E-state index in [2.05, 4.69) is 5.10 Å². The molecule has 140 valence electrons. The molecule has 0 aliphatic carbocycles. The van der Waals surface area contributed by atoms with Gasteiger partial charge in [-0.05, 0) is 60.2 Å². The summed E-state index contributed by atoms with van der Waals surface area (Å²) in [6.45, 7) is 0.836. The number of hydrogen-bond donors (Lipinski definition) is 1. The van der Waals surface area contributed by atoms with Gasteiger partial charge in [-0.2, -0.15) is 5.10 Å². The molecule has 0 bridgehead atoms. The van der Waals surface area contributed by atoms with Gasteiger partial charge in [-0.1, -0.05) is 12.1 Å². The molecule has 0 amide bonds. The van der Waals surface area contributed by atoms with Crippen molar-refractivity contribution in [3.63, 3.8) is 0 Å². The molecule has 1 aromatic carbocycles. The number of rotatable bonds is 5. The SMILES string of the molecule is O=C(CC1CCOCC1O)c1cc(Cc2cccc(F)c2)c2cccnn12. The quantitative estimate of drug-likeness (QED) is 0.703. The van der Waals surface area contributed by atoms with E-state index in [4.69, 9.17) is 4.74 Å². The van der Waals surface area contributed by atoms with Gasteiger partial charge >= 0.3 is 0 Å². The number of ketones is 1. The largest absolute Gasteiger partial charge is 0.390 e. The predicted octanol–water partition coefficient (Wildman–Crippen LogP) is 3.03. The van der Waals surface area contributed by atoms with Crippen molar-refractivity contribution < 1.29 is 19.0 Å². The monoisotopic (exact) mass is 368 g/mol. The molecule has 1 aliphatic heterocycles. The van der Waals surface area contributed by atoms with Crippen LogP contribution >= 0.6 is 0 Å². The summed E-state index contributed by atoms with van der Waals surface area (Å²) >= 11 is 0. The van der Waals surface area contributed by atoms with Gasteiger partial charge in [0.25, 0.3) is 0 Å². The first-order valence-corrected chi connectivity index (χ1v) is 9.11. The summed E-state index contributed by atoms with van der Waals surface area (Å²) in [5, 5.41) is 14.4. The summed E-state index contributed by atoms with van der Waals surface area (Å²) in [6, 6.07) is 12.0. The molecular formula is C21H21FN2O3. The van der Waals surface area contributed by atoms with Crippen LogP contribution in [0.2, 0.25) is 0 Å². The van der Waals surface area contributed by atoms with Gasteiger partial charge in [-0.15, -0.1) is 0 Å². The zero-order chi connectivity index (χ0) is 18.8. The van der Waals surface area contributed by atoms with Crippen LogP contribution in [-0.2, 0) is 11.2 Å². The highest BCUT2D eigenvalue weighted by Gasteiger charge is 2.28. The van der Waals surface area contributed by atoms with E-state index in [0.717, 1.165) is 16.6 Å². The van der Waals surface area contributed by atoms with Gasteiger partial charge in [0.2, 0.25) is 0 Å². The maximum Gasteiger partial charge on any atom is 0.181 e. The summed E-state index contributed by atoms with van der Waals surface area (Å²) in [4.78, 5) is 12.9. The number of aliphatic hydroxyl groups excluding tert-OH is 1. The zero-order valence-electron chi connectivity index (χ0n) is 14.8. The fraction of sp³-hybridized carbons (Fsp3) is 0.333. The Morgan fingerprint density at radius 1 is 1.30 bits per heavy atom. The Morgan fingerprint density at radius 2 is 2.19 bits per heavy atom. The fourth-order valence-electron chi connectivity index (χ4n) is 3.66. The molecule has 1 saturated heterocycles. The minimum Gasteiger partial charge on any atom is -0.390 e. The second-order valence-electron chi connectivity index (χ2n) is 7.00. The molecular weight excluding hydrogens is 347 g/mol. The standard InChI is InChI=1S/C21H21FN2O3/c22-17-4-1-3-14(10-17)9-16-11-19(24-18(16)5-2-7-23-24)20(25)12-15-6-8-27-13-21(15)26/h1-5,7,10-11,15,21,26H,6,8-9,12-13H2. The Hall–Kier alpha value is -2.57. The summed E-state index contributed by atoms with van der Waals surface area (Å²) in [7, 11) is 0. The number of aliphatic hydroxyl groups is 1. The van der Waals surface area contributed by atoms with Gasteiger partial charge in [0.15, 0.2) is 5.78 Å². The summed E-state index contributed by atoms with van der Waals surface area (Å²) in [6.07, 6.45) is 2.46. The van der Waals surface area contributed by atoms with Crippen molar-refractivity contribution in [1.82, 2.24) is 9.61 Å². The second-order valence-corrected chi connectivity index (χ2v) is 7.00. The van der Waals surface area contributed by atoms with Crippen LogP contribution in [0.25, 0.3) is 5.52 Å². The molecule has 5 nitrogen and oxygen atoms in total. The van der Waals surface area contributed by atoms with Crippen LogP contribution in [-0.4, -0.2) is 39.8 Å². The molecule has 2 aromatic heterocycles. The van der Waals surface area contributed by atoms with Gasteiger partial charge in [-0.3, -0.25) is 4.79 Å². The molecule has 1 aliphatic rings. The Bertz CT molecular complexity index is 969. The number of hydrogen-bond acceptors (Lipinski definition) is 4. The van der Waals surface area contributed by atoms with Crippen molar-refractivity contribution in [2.24, 2.45) is 5.92 Å². The number of Topliss-reactive ketones (excluding diaryl/α,β-unsaturated/α-hetero) is 1. The Balaban J connectivity index is 1.64. The van der Waals surface area contributed by atoms with Crippen LogP contribution < -0.4 is 0 Å². The summed E-state index contributed by atoms with van der Waals surface area (Å²) < 4.78 is 20.4. The van der Waals surface area contributed by atoms with E-state index in [1.165, 1.54) is 12.1 Å². The van der Waals surface area contributed by atoms with E-state index in [0.29, 0.717) is 25.1 Å². The minimum atomic E-state index is -0.617. The molecule has 2 unspecified atom stereocenters. The number of benzene rings is 1. The predicted molar refractivity (Wildman–Crippen MR) is 98.3 cm³/mol. The lowest BCUT2D eigenvalue weighted by molar-refractivity contribution is -0.0438. The zero-order valence-corrected chi connectivity index (χ0v) is 14.8.